The molecule has 0 aliphatic rings. The number of hydrogen-bond donors (Lipinski definition) is 0. The Labute approximate surface area is 192 Å². The molecule has 0 aromatic carbocycles. The molecule has 176 valence electrons. The lowest BCUT2D eigenvalue weighted by Crippen LogP contribution is -3.00. The monoisotopic (exact) mass is 429 g/mol. The molecule has 0 saturated carbocycles. The van der Waals surface area contributed by atoms with Gasteiger partial charge in [-0.3, -0.25) is 0 Å². The third-order valence-corrected chi connectivity index (χ3v) is 6.84. The first-order valence-corrected chi connectivity index (χ1v) is 13.2. The second kappa shape index (κ2) is 24.3. The van der Waals surface area contributed by atoms with Crippen LogP contribution in [0, 0.1) is 0 Å². The van der Waals surface area contributed by atoms with Crippen LogP contribution < -0.4 is 12.4 Å². The van der Waals surface area contributed by atoms with Crippen molar-refractivity contribution in [3.63, 3.8) is 0 Å². The molecule has 1 nitrogen and oxygen atoms in total. The molecule has 0 aliphatic heterocycles. The number of likely N-dealkylation sites (N-methyl/N-ethyl adjacent to an activating group) is 1. The van der Waals surface area contributed by atoms with Crippen LogP contribution in [0.3, 0.4) is 0 Å². The highest BCUT2D eigenvalue weighted by Crippen LogP contribution is 2.15. The Bertz CT molecular complexity index is 312. The Kier molecular flexibility index (Phi) is 26.1. The van der Waals surface area contributed by atoms with Crippen molar-refractivity contribution in [2.45, 2.75) is 136 Å². The third kappa shape index (κ3) is 19.7. The molecule has 0 atom stereocenters. The van der Waals surface area contributed by atoms with E-state index in [0.717, 1.165) is 6.54 Å². The maximum absolute atomic E-state index is 3.96. The van der Waals surface area contributed by atoms with Gasteiger partial charge in [-0.05, 0) is 32.8 Å². The molecule has 0 rings (SSSR count). The molecule has 0 heterocycles. The molecule has 2 heteroatoms. The van der Waals surface area contributed by atoms with E-state index in [-0.39, 0.29) is 12.4 Å². The summed E-state index contributed by atoms with van der Waals surface area (Å²) >= 11 is 0. The lowest BCUT2D eigenvalue weighted by atomic mass is 10.0. The van der Waals surface area contributed by atoms with Gasteiger partial charge in [-0.2, -0.15) is 0 Å². The minimum absolute atomic E-state index is 0. The number of nitrogens with zero attached hydrogens (tertiary/aromatic N) is 1. The summed E-state index contributed by atoms with van der Waals surface area (Å²) in [5, 5.41) is 0. The quantitative estimate of drug-likeness (QED) is 0.105. The van der Waals surface area contributed by atoms with Crippen molar-refractivity contribution < 1.29 is 16.9 Å². The summed E-state index contributed by atoms with van der Waals surface area (Å²) in [4.78, 5) is 0. The fourth-order valence-electron chi connectivity index (χ4n) is 4.51. The van der Waals surface area contributed by atoms with E-state index in [2.05, 4.69) is 33.4 Å². The summed E-state index contributed by atoms with van der Waals surface area (Å²) in [6, 6.07) is 0. The fraction of sp³-hybridized carbons (Fsp3) is 0.926. The highest BCUT2D eigenvalue weighted by Gasteiger charge is 2.20. The van der Waals surface area contributed by atoms with Crippen molar-refractivity contribution in [2.75, 3.05) is 26.2 Å². The van der Waals surface area contributed by atoms with Gasteiger partial charge in [0.2, 0.25) is 0 Å². The summed E-state index contributed by atoms with van der Waals surface area (Å²) < 4.78 is 1.24. The lowest BCUT2D eigenvalue weighted by molar-refractivity contribution is -0.919. The van der Waals surface area contributed by atoms with Crippen molar-refractivity contribution in [3.8, 4) is 0 Å². The van der Waals surface area contributed by atoms with Gasteiger partial charge in [0.05, 0.1) is 26.2 Å². The Morgan fingerprint density at radius 3 is 1.10 bits per heavy atom. The van der Waals surface area contributed by atoms with Crippen molar-refractivity contribution in [1.29, 1.82) is 0 Å². The second-order valence-electron chi connectivity index (χ2n) is 9.18. The molecule has 0 saturated heterocycles. The summed E-state index contributed by atoms with van der Waals surface area (Å²) in [5.41, 5.74) is 0. The second-order valence-corrected chi connectivity index (χ2v) is 9.18. The van der Waals surface area contributed by atoms with E-state index in [9.17, 15) is 0 Å². The van der Waals surface area contributed by atoms with E-state index in [4.69, 9.17) is 0 Å². The average Bonchev–Trinajstić information content (AvgIpc) is 2.72. The van der Waals surface area contributed by atoms with Crippen molar-refractivity contribution in [3.05, 3.63) is 12.7 Å². The summed E-state index contributed by atoms with van der Waals surface area (Å²) in [5.74, 6) is 0. The molecule has 0 N–H and O–H groups in total. The molecule has 0 aromatic heterocycles. The first-order chi connectivity index (χ1) is 13.7. The van der Waals surface area contributed by atoms with Crippen LogP contribution >= 0.6 is 0 Å². The molecule has 0 aliphatic carbocycles. The molecule has 0 radical (unpaired) electrons. The topological polar surface area (TPSA) is 0 Å². The zero-order chi connectivity index (χ0) is 20.8. The SMILES string of the molecule is C=CC[N+](CC)(CC)CCCCCCCCCCCCCCCCCCCC.[Cl-]. The van der Waals surface area contributed by atoms with Gasteiger partial charge in [0.15, 0.2) is 0 Å². The molecule has 0 aromatic rings. The summed E-state index contributed by atoms with van der Waals surface area (Å²) in [7, 11) is 0. The standard InChI is InChI=1S/C27H56N.ClH/c1-5-9-10-11-12-13-14-15-16-17-18-19-20-21-22-23-24-25-27-28(7-3,8-4)26-6-2;/h6H,2,5,7-27H2,1,3-4H3;1H/q+1;/p-1. The van der Waals surface area contributed by atoms with E-state index in [1.165, 1.54) is 140 Å². The van der Waals surface area contributed by atoms with Gasteiger partial charge >= 0.3 is 0 Å². The van der Waals surface area contributed by atoms with E-state index >= 15 is 0 Å². The Balaban J connectivity index is 0. The Morgan fingerprint density at radius 2 is 0.828 bits per heavy atom. The summed E-state index contributed by atoms with van der Waals surface area (Å²) in [6.45, 7) is 15.9. The van der Waals surface area contributed by atoms with Crippen molar-refractivity contribution in [2.24, 2.45) is 0 Å². The minimum Gasteiger partial charge on any atom is -1.00 e. The maximum atomic E-state index is 3.96. The highest BCUT2D eigenvalue weighted by atomic mass is 35.5. The normalized spacial score (nSPS) is 11.4. The largest absolute Gasteiger partial charge is 1.00 e. The smallest absolute Gasteiger partial charge is 0.0970 e. The zero-order valence-electron chi connectivity index (χ0n) is 20.7. The lowest BCUT2D eigenvalue weighted by Gasteiger charge is -2.36. The minimum atomic E-state index is 0. The van der Waals surface area contributed by atoms with Crippen LogP contribution in [0.2, 0.25) is 0 Å². The molecule has 0 fully saturated rings. The number of halogens is 1. The molecule has 29 heavy (non-hydrogen) atoms. The molecule has 0 spiro atoms. The van der Waals surface area contributed by atoms with Gasteiger partial charge in [0.1, 0.15) is 0 Å². The highest BCUT2D eigenvalue weighted by molar-refractivity contribution is 4.66. The average molecular weight is 430 g/mol. The molecule has 0 bridgehead atoms. The number of unbranched alkanes of at least 4 members (excludes halogenated alkanes) is 17. The predicted molar refractivity (Wildman–Crippen MR) is 130 cm³/mol. The van der Waals surface area contributed by atoms with Gasteiger partial charge in [-0.25, -0.2) is 0 Å². The van der Waals surface area contributed by atoms with Gasteiger partial charge in [0, 0.05) is 0 Å². The van der Waals surface area contributed by atoms with E-state index in [0.29, 0.717) is 0 Å². The van der Waals surface area contributed by atoms with Crippen molar-refractivity contribution in [1.82, 2.24) is 0 Å². The van der Waals surface area contributed by atoms with Gasteiger partial charge in [-0.15, -0.1) is 0 Å². The molecular formula is C27H56ClN. The summed E-state index contributed by atoms with van der Waals surface area (Å²) in [6.07, 6.45) is 28.3. The predicted octanol–water partition coefficient (Wildman–Crippen LogP) is 6.07. The third-order valence-electron chi connectivity index (χ3n) is 6.84. The van der Waals surface area contributed by atoms with E-state index < -0.39 is 0 Å². The van der Waals surface area contributed by atoms with Crippen LogP contribution in [-0.2, 0) is 0 Å². The van der Waals surface area contributed by atoms with Gasteiger partial charge in [0.25, 0.3) is 0 Å². The van der Waals surface area contributed by atoms with Crippen LogP contribution in [-0.4, -0.2) is 30.7 Å². The van der Waals surface area contributed by atoms with Crippen LogP contribution in [0.4, 0.5) is 0 Å². The van der Waals surface area contributed by atoms with Crippen LogP contribution in [0.5, 0.6) is 0 Å². The fourth-order valence-corrected chi connectivity index (χ4v) is 4.51. The van der Waals surface area contributed by atoms with Gasteiger partial charge in [-0.1, -0.05) is 116 Å². The van der Waals surface area contributed by atoms with E-state index in [1.54, 1.807) is 0 Å². The first-order valence-electron chi connectivity index (χ1n) is 13.2. The number of quaternary nitrogens is 1. The zero-order valence-corrected chi connectivity index (χ0v) is 21.4. The number of hydrogen-bond acceptors (Lipinski definition) is 0. The molecule has 0 amide bonds. The van der Waals surface area contributed by atoms with Gasteiger partial charge < -0.3 is 16.9 Å². The first kappa shape index (κ1) is 31.2. The molecule has 0 unspecified atom stereocenters. The van der Waals surface area contributed by atoms with Crippen LogP contribution in [0.25, 0.3) is 0 Å². The van der Waals surface area contributed by atoms with Crippen LogP contribution in [0.1, 0.15) is 136 Å². The molecular weight excluding hydrogens is 374 g/mol. The maximum Gasteiger partial charge on any atom is 0.0970 e. The number of rotatable bonds is 23. The Morgan fingerprint density at radius 1 is 0.517 bits per heavy atom. The van der Waals surface area contributed by atoms with Crippen molar-refractivity contribution >= 4 is 0 Å². The van der Waals surface area contributed by atoms with Crippen LogP contribution in [0.15, 0.2) is 12.7 Å². The Hall–Kier alpha value is -0.0100. The van der Waals surface area contributed by atoms with E-state index in [1.807, 2.05) is 0 Å².